The van der Waals surface area contributed by atoms with Crippen LogP contribution in [0, 0.1) is 0 Å². The number of hydrogen-bond donors (Lipinski definition) is 1. The molecule has 0 spiro atoms. The van der Waals surface area contributed by atoms with Gasteiger partial charge in [-0.3, -0.25) is 0 Å². The van der Waals surface area contributed by atoms with E-state index in [1.165, 1.54) is 83.5 Å². The average Bonchev–Trinajstić information content (AvgIpc) is 2.60. The molecule has 0 fully saturated rings. The van der Waals surface area contributed by atoms with Crippen molar-refractivity contribution in [1.29, 1.82) is 0 Å². The topological polar surface area (TPSA) is 29.5 Å². The highest BCUT2D eigenvalue weighted by molar-refractivity contribution is 5.37. The normalized spacial score (nSPS) is 10.9. The highest BCUT2D eigenvalue weighted by Crippen LogP contribution is 2.24. The van der Waals surface area contributed by atoms with Gasteiger partial charge in [-0.15, -0.1) is 0 Å². The van der Waals surface area contributed by atoms with E-state index in [9.17, 15) is 5.11 Å². The van der Waals surface area contributed by atoms with Crippen LogP contribution in [0.4, 0.5) is 0 Å². The van der Waals surface area contributed by atoms with Gasteiger partial charge in [0.2, 0.25) is 0 Å². The molecule has 0 aromatic heterocycles. The summed E-state index contributed by atoms with van der Waals surface area (Å²) in [6.07, 6.45) is 19.1. The Labute approximate surface area is 149 Å². The van der Waals surface area contributed by atoms with Gasteiger partial charge in [0.25, 0.3) is 0 Å². The van der Waals surface area contributed by atoms with Crippen LogP contribution in [0.25, 0.3) is 0 Å². The van der Waals surface area contributed by atoms with Gasteiger partial charge in [0, 0.05) is 0 Å². The second kappa shape index (κ2) is 15.4. The lowest BCUT2D eigenvalue weighted by atomic mass is 10.0. The Hall–Kier alpha value is -1.18. The molecular weight excluding hydrogens is 296 g/mol. The SMILES string of the molecule is CCCCCCCCCCCCCCCCOc1ccccc1O. The molecule has 1 N–H and O–H groups in total. The lowest BCUT2D eigenvalue weighted by molar-refractivity contribution is 0.288. The van der Waals surface area contributed by atoms with Gasteiger partial charge in [-0.05, 0) is 18.6 Å². The van der Waals surface area contributed by atoms with E-state index in [0.29, 0.717) is 12.4 Å². The molecule has 2 heteroatoms. The standard InChI is InChI=1S/C22H38O2/c1-2-3-4-5-6-7-8-9-10-11-12-13-14-17-20-24-22-19-16-15-18-21(22)23/h15-16,18-19,23H,2-14,17,20H2,1H3. The fourth-order valence-corrected chi connectivity index (χ4v) is 3.06. The van der Waals surface area contributed by atoms with Crippen LogP contribution in [-0.2, 0) is 0 Å². The van der Waals surface area contributed by atoms with Crippen LogP contribution in [0.15, 0.2) is 24.3 Å². The second-order valence-corrected chi connectivity index (χ2v) is 6.91. The summed E-state index contributed by atoms with van der Waals surface area (Å²) >= 11 is 0. The molecule has 0 aliphatic rings. The first kappa shape index (κ1) is 20.9. The molecular formula is C22H38O2. The van der Waals surface area contributed by atoms with Crippen LogP contribution < -0.4 is 4.74 Å². The molecule has 1 aromatic carbocycles. The van der Waals surface area contributed by atoms with E-state index >= 15 is 0 Å². The fourth-order valence-electron chi connectivity index (χ4n) is 3.06. The van der Waals surface area contributed by atoms with Gasteiger partial charge >= 0.3 is 0 Å². The van der Waals surface area contributed by atoms with Gasteiger partial charge in [-0.1, -0.05) is 103 Å². The molecule has 0 aliphatic heterocycles. The zero-order valence-corrected chi connectivity index (χ0v) is 15.8. The molecule has 0 unspecified atom stereocenters. The Morgan fingerprint density at radius 1 is 0.667 bits per heavy atom. The molecule has 24 heavy (non-hydrogen) atoms. The summed E-state index contributed by atoms with van der Waals surface area (Å²) < 4.78 is 5.59. The van der Waals surface area contributed by atoms with E-state index in [1.807, 2.05) is 18.2 Å². The third kappa shape index (κ3) is 11.4. The smallest absolute Gasteiger partial charge is 0.160 e. The number of unbranched alkanes of at least 4 members (excludes halogenated alkanes) is 13. The summed E-state index contributed by atoms with van der Waals surface area (Å²) in [4.78, 5) is 0. The third-order valence-electron chi connectivity index (χ3n) is 4.62. The maximum atomic E-state index is 9.60. The largest absolute Gasteiger partial charge is 0.504 e. The van der Waals surface area contributed by atoms with E-state index < -0.39 is 0 Å². The van der Waals surface area contributed by atoms with Gasteiger partial charge in [0.15, 0.2) is 11.5 Å². The molecule has 0 atom stereocenters. The summed E-state index contributed by atoms with van der Waals surface area (Å²) in [5.74, 6) is 0.843. The van der Waals surface area contributed by atoms with E-state index in [2.05, 4.69) is 6.92 Å². The van der Waals surface area contributed by atoms with Crippen LogP contribution in [0.1, 0.15) is 96.8 Å². The third-order valence-corrected chi connectivity index (χ3v) is 4.62. The Kier molecular flexibility index (Phi) is 13.3. The Morgan fingerprint density at radius 3 is 1.62 bits per heavy atom. The molecule has 138 valence electrons. The number of ether oxygens (including phenoxy) is 1. The quantitative estimate of drug-likeness (QED) is 0.322. The molecule has 0 bridgehead atoms. The first-order valence-corrected chi connectivity index (χ1v) is 10.3. The first-order valence-electron chi connectivity index (χ1n) is 10.3. The predicted molar refractivity (Wildman–Crippen MR) is 104 cm³/mol. The molecule has 0 amide bonds. The minimum absolute atomic E-state index is 0.239. The number of aromatic hydroxyl groups is 1. The number of hydrogen-bond acceptors (Lipinski definition) is 2. The highest BCUT2D eigenvalue weighted by atomic mass is 16.5. The van der Waals surface area contributed by atoms with Crippen molar-refractivity contribution < 1.29 is 9.84 Å². The number of phenolic OH excluding ortho intramolecular Hbond substituents is 1. The van der Waals surface area contributed by atoms with Crippen molar-refractivity contribution in [2.75, 3.05) is 6.61 Å². The number of rotatable bonds is 16. The van der Waals surface area contributed by atoms with Crippen molar-refractivity contribution >= 4 is 0 Å². The molecule has 2 nitrogen and oxygen atoms in total. The van der Waals surface area contributed by atoms with Crippen LogP contribution in [0.5, 0.6) is 11.5 Å². The Morgan fingerprint density at radius 2 is 1.12 bits per heavy atom. The average molecular weight is 335 g/mol. The summed E-state index contributed by atoms with van der Waals surface area (Å²) in [6, 6.07) is 7.19. The second-order valence-electron chi connectivity index (χ2n) is 6.91. The van der Waals surface area contributed by atoms with Gasteiger partial charge in [0.1, 0.15) is 0 Å². The molecule has 1 aromatic rings. The monoisotopic (exact) mass is 334 g/mol. The van der Waals surface area contributed by atoms with Crippen molar-refractivity contribution in [1.82, 2.24) is 0 Å². The van der Waals surface area contributed by atoms with E-state index in [-0.39, 0.29) is 5.75 Å². The van der Waals surface area contributed by atoms with Crippen LogP contribution >= 0.6 is 0 Å². The molecule has 1 rings (SSSR count). The summed E-state index contributed by atoms with van der Waals surface area (Å²) in [5, 5.41) is 9.60. The van der Waals surface area contributed by atoms with Crippen LogP contribution in [-0.4, -0.2) is 11.7 Å². The maximum Gasteiger partial charge on any atom is 0.160 e. The van der Waals surface area contributed by atoms with Gasteiger partial charge in [0.05, 0.1) is 6.61 Å². The minimum atomic E-state index is 0.239. The van der Waals surface area contributed by atoms with Gasteiger partial charge in [-0.25, -0.2) is 0 Å². The highest BCUT2D eigenvalue weighted by Gasteiger charge is 1.99. The molecule has 0 saturated carbocycles. The number of benzene rings is 1. The number of para-hydroxylation sites is 2. The van der Waals surface area contributed by atoms with Crippen molar-refractivity contribution in [3.8, 4) is 11.5 Å². The molecule has 0 radical (unpaired) electrons. The Bertz CT molecular complexity index is 389. The van der Waals surface area contributed by atoms with Crippen LogP contribution in [0.2, 0.25) is 0 Å². The molecule has 0 aliphatic carbocycles. The zero-order valence-electron chi connectivity index (χ0n) is 15.8. The van der Waals surface area contributed by atoms with Crippen molar-refractivity contribution in [3.63, 3.8) is 0 Å². The Balaban J connectivity index is 1.77. The molecule has 0 saturated heterocycles. The number of phenols is 1. The van der Waals surface area contributed by atoms with E-state index in [4.69, 9.17) is 4.74 Å². The maximum absolute atomic E-state index is 9.60. The lowest BCUT2D eigenvalue weighted by Gasteiger charge is -2.07. The van der Waals surface area contributed by atoms with Crippen molar-refractivity contribution in [2.45, 2.75) is 96.8 Å². The van der Waals surface area contributed by atoms with Crippen molar-refractivity contribution in [2.24, 2.45) is 0 Å². The van der Waals surface area contributed by atoms with Gasteiger partial charge < -0.3 is 9.84 Å². The molecule has 0 heterocycles. The zero-order chi connectivity index (χ0) is 17.3. The summed E-state index contributed by atoms with van der Waals surface area (Å²) in [7, 11) is 0. The van der Waals surface area contributed by atoms with Gasteiger partial charge in [-0.2, -0.15) is 0 Å². The first-order chi connectivity index (χ1) is 11.8. The van der Waals surface area contributed by atoms with E-state index in [1.54, 1.807) is 6.07 Å². The summed E-state index contributed by atoms with van der Waals surface area (Å²) in [6.45, 7) is 2.98. The summed E-state index contributed by atoms with van der Waals surface area (Å²) in [5.41, 5.74) is 0. The van der Waals surface area contributed by atoms with Crippen molar-refractivity contribution in [3.05, 3.63) is 24.3 Å². The van der Waals surface area contributed by atoms with Crippen LogP contribution in [0.3, 0.4) is 0 Å². The minimum Gasteiger partial charge on any atom is -0.504 e. The van der Waals surface area contributed by atoms with E-state index in [0.717, 1.165) is 6.42 Å². The predicted octanol–water partition coefficient (Wildman–Crippen LogP) is 7.25. The lowest BCUT2D eigenvalue weighted by Crippen LogP contribution is -1.97. The fraction of sp³-hybridized carbons (Fsp3) is 0.727.